The van der Waals surface area contributed by atoms with E-state index in [2.05, 4.69) is 5.32 Å². The van der Waals surface area contributed by atoms with E-state index in [9.17, 15) is 4.79 Å². The molecule has 0 heterocycles. The molecule has 1 aromatic carbocycles. The van der Waals surface area contributed by atoms with E-state index in [0.29, 0.717) is 0 Å². The summed E-state index contributed by atoms with van der Waals surface area (Å²) in [4.78, 5) is 11.2. The van der Waals surface area contributed by atoms with Crippen LogP contribution in [-0.4, -0.2) is 13.0 Å². The van der Waals surface area contributed by atoms with E-state index in [1.807, 2.05) is 37.3 Å². The highest BCUT2D eigenvalue weighted by Crippen LogP contribution is 2.08. The van der Waals surface area contributed by atoms with Crippen LogP contribution in [0, 0.1) is 18.3 Å². The third-order valence-corrected chi connectivity index (χ3v) is 1.95. The molecule has 0 saturated heterocycles. The Morgan fingerprint density at radius 3 is 2.80 bits per heavy atom. The summed E-state index contributed by atoms with van der Waals surface area (Å²) in [5.41, 5.74) is 2.07. The number of amides is 1. The van der Waals surface area contributed by atoms with E-state index in [1.54, 1.807) is 6.08 Å². The minimum atomic E-state index is -0.362. The Hall–Kier alpha value is -2.08. The number of nitriles is 1. The number of hydrogen-bond acceptors (Lipinski definition) is 2. The Bertz CT molecular complexity index is 441. The van der Waals surface area contributed by atoms with Crippen LogP contribution in [0.5, 0.6) is 0 Å². The van der Waals surface area contributed by atoms with Gasteiger partial charge in [-0.05, 0) is 18.6 Å². The summed E-state index contributed by atoms with van der Waals surface area (Å²) in [6, 6.07) is 9.49. The van der Waals surface area contributed by atoms with E-state index < -0.39 is 0 Å². The monoisotopic (exact) mass is 200 g/mol. The minimum absolute atomic E-state index is 0.114. The number of carbonyl (C=O) groups excluding carboxylic acids is 1. The lowest BCUT2D eigenvalue weighted by molar-refractivity contribution is -0.116. The summed E-state index contributed by atoms with van der Waals surface area (Å²) in [5, 5.41) is 11.2. The Morgan fingerprint density at radius 1 is 1.53 bits per heavy atom. The number of likely N-dealkylation sites (N-methyl/N-ethyl adjacent to an activating group) is 1. The second kappa shape index (κ2) is 4.97. The predicted octanol–water partition coefficient (Wildman–Crippen LogP) is 1.65. The average molecular weight is 200 g/mol. The standard InChI is InChI=1S/C12H12N2O/c1-9-4-3-5-10(6-9)7-11(8-13)12(15)14-2/h3-7H,1-2H3,(H,14,15)/b11-7+. The molecule has 0 fully saturated rings. The van der Waals surface area contributed by atoms with E-state index in [1.165, 1.54) is 7.05 Å². The summed E-state index contributed by atoms with van der Waals surface area (Å²) in [5.74, 6) is -0.362. The van der Waals surface area contributed by atoms with Gasteiger partial charge in [0.2, 0.25) is 0 Å². The van der Waals surface area contributed by atoms with Crippen molar-refractivity contribution in [3.05, 3.63) is 41.0 Å². The molecule has 0 aromatic heterocycles. The van der Waals surface area contributed by atoms with Gasteiger partial charge in [-0.25, -0.2) is 0 Å². The van der Waals surface area contributed by atoms with Crippen molar-refractivity contribution in [1.29, 1.82) is 5.26 Å². The second-order valence-corrected chi connectivity index (χ2v) is 3.16. The number of nitrogens with one attached hydrogen (secondary N) is 1. The molecule has 3 nitrogen and oxygen atoms in total. The van der Waals surface area contributed by atoms with Crippen LogP contribution in [0.4, 0.5) is 0 Å². The first-order valence-corrected chi connectivity index (χ1v) is 4.58. The van der Waals surface area contributed by atoms with Crippen LogP contribution in [0.2, 0.25) is 0 Å². The van der Waals surface area contributed by atoms with Crippen LogP contribution in [0.1, 0.15) is 11.1 Å². The van der Waals surface area contributed by atoms with Gasteiger partial charge < -0.3 is 5.32 Å². The zero-order valence-electron chi connectivity index (χ0n) is 8.74. The maximum Gasteiger partial charge on any atom is 0.261 e. The Balaban J connectivity index is 3.05. The largest absolute Gasteiger partial charge is 0.354 e. The molecule has 15 heavy (non-hydrogen) atoms. The molecule has 0 spiro atoms. The highest BCUT2D eigenvalue weighted by Gasteiger charge is 2.05. The van der Waals surface area contributed by atoms with Crippen molar-refractivity contribution in [2.24, 2.45) is 0 Å². The molecule has 0 atom stereocenters. The van der Waals surface area contributed by atoms with Crippen molar-refractivity contribution in [1.82, 2.24) is 5.32 Å². The molecule has 0 aliphatic heterocycles. The van der Waals surface area contributed by atoms with Crippen molar-refractivity contribution < 1.29 is 4.79 Å². The summed E-state index contributed by atoms with van der Waals surface area (Å²) < 4.78 is 0. The van der Waals surface area contributed by atoms with Gasteiger partial charge in [0.1, 0.15) is 11.6 Å². The van der Waals surface area contributed by atoms with Gasteiger partial charge in [0.05, 0.1) is 0 Å². The van der Waals surface area contributed by atoms with Gasteiger partial charge in [-0.2, -0.15) is 5.26 Å². The van der Waals surface area contributed by atoms with E-state index in [4.69, 9.17) is 5.26 Å². The highest BCUT2D eigenvalue weighted by molar-refractivity contribution is 6.01. The lowest BCUT2D eigenvalue weighted by atomic mass is 10.1. The van der Waals surface area contributed by atoms with Gasteiger partial charge in [-0.3, -0.25) is 4.79 Å². The lowest BCUT2D eigenvalue weighted by Gasteiger charge is -1.98. The molecule has 0 bridgehead atoms. The molecular weight excluding hydrogens is 188 g/mol. The van der Waals surface area contributed by atoms with Crippen LogP contribution < -0.4 is 5.32 Å². The van der Waals surface area contributed by atoms with Crippen LogP contribution in [0.3, 0.4) is 0 Å². The van der Waals surface area contributed by atoms with Crippen molar-refractivity contribution >= 4 is 12.0 Å². The molecule has 76 valence electrons. The van der Waals surface area contributed by atoms with Gasteiger partial charge >= 0.3 is 0 Å². The molecule has 0 unspecified atom stereocenters. The van der Waals surface area contributed by atoms with Crippen LogP contribution in [0.25, 0.3) is 6.08 Å². The molecule has 0 radical (unpaired) electrons. The van der Waals surface area contributed by atoms with Gasteiger partial charge in [-0.1, -0.05) is 29.8 Å². The first-order chi connectivity index (χ1) is 7.17. The minimum Gasteiger partial charge on any atom is -0.354 e. The van der Waals surface area contributed by atoms with E-state index in [-0.39, 0.29) is 11.5 Å². The topological polar surface area (TPSA) is 52.9 Å². The fourth-order valence-corrected chi connectivity index (χ4v) is 1.21. The number of carbonyl (C=O) groups is 1. The fourth-order valence-electron chi connectivity index (χ4n) is 1.21. The summed E-state index contributed by atoms with van der Waals surface area (Å²) in [6.45, 7) is 1.96. The zero-order chi connectivity index (χ0) is 11.3. The smallest absolute Gasteiger partial charge is 0.261 e. The summed E-state index contributed by atoms with van der Waals surface area (Å²) in [7, 11) is 1.50. The third kappa shape index (κ3) is 2.96. The Labute approximate surface area is 89.0 Å². The molecular formula is C12H12N2O. The number of benzene rings is 1. The van der Waals surface area contributed by atoms with E-state index >= 15 is 0 Å². The van der Waals surface area contributed by atoms with Gasteiger partial charge in [0.25, 0.3) is 5.91 Å². The first-order valence-electron chi connectivity index (χ1n) is 4.58. The number of hydrogen-bond donors (Lipinski definition) is 1. The fraction of sp³-hybridized carbons (Fsp3) is 0.167. The quantitative estimate of drug-likeness (QED) is 0.583. The Kier molecular flexibility index (Phi) is 3.64. The molecule has 0 saturated carbocycles. The molecule has 1 rings (SSSR count). The zero-order valence-corrected chi connectivity index (χ0v) is 8.74. The lowest BCUT2D eigenvalue weighted by Crippen LogP contribution is -2.19. The molecule has 1 aromatic rings. The summed E-state index contributed by atoms with van der Waals surface area (Å²) >= 11 is 0. The number of nitrogens with zero attached hydrogens (tertiary/aromatic N) is 1. The predicted molar refractivity (Wildman–Crippen MR) is 58.8 cm³/mol. The SMILES string of the molecule is CNC(=O)/C(C#N)=C/c1cccc(C)c1. The van der Waals surface area contributed by atoms with E-state index in [0.717, 1.165) is 11.1 Å². The van der Waals surface area contributed by atoms with Crippen LogP contribution in [-0.2, 0) is 4.79 Å². The molecule has 3 heteroatoms. The van der Waals surface area contributed by atoms with Gasteiger partial charge in [0, 0.05) is 7.05 Å². The van der Waals surface area contributed by atoms with Gasteiger partial charge in [-0.15, -0.1) is 0 Å². The first kappa shape index (κ1) is 11.0. The van der Waals surface area contributed by atoms with Crippen molar-refractivity contribution in [3.63, 3.8) is 0 Å². The molecule has 0 aliphatic carbocycles. The van der Waals surface area contributed by atoms with Crippen molar-refractivity contribution in [2.45, 2.75) is 6.92 Å². The van der Waals surface area contributed by atoms with Crippen molar-refractivity contribution in [3.8, 4) is 6.07 Å². The molecule has 1 amide bonds. The maximum atomic E-state index is 11.2. The molecule has 1 N–H and O–H groups in total. The van der Waals surface area contributed by atoms with Gasteiger partial charge in [0.15, 0.2) is 0 Å². The van der Waals surface area contributed by atoms with Crippen LogP contribution in [0.15, 0.2) is 29.8 Å². The highest BCUT2D eigenvalue weighted by atomic mass is 16.1. The maximum absolute atomic E-state index is 11.2. The summed E-state index contributed by atoms with van der Waals surface area (Å²) in [6.07, 6.45) is 1.58. The molecule has 0 aliphatic rings. The number of aryl methyl sites for hydroxylation is 1. The Morgan fingerprint density at radius 2 is 2.27 bits per heavy atom. The second-order valence-electron chi connectivity index (χ2n) is 3.16. The normalized spacial score (nSPS) is 10.6. The average Bonchev–Trinajstić information content (AvgIpc) is 2.25. The third-order valence-electron chi connectivity index (χ3n) is 1.95. The van der Waals surface area contributed by atoms with Crippen LogP contribution >= 0.6 is 0 Å². The number of rotatable bonds is 2. The van der Waals surface area contributed by atoms with Crippen molar-refractivity contribution in [2.75, 3.05) is 7.05 Å².